The van der Waals surface area contributed by atoms with Gasteiger partial charge >= 0.3 is 0 Å². The Morgan fingerprint density at radius 2 is 2.06 bits per heavy atom. The molecule has 2 N–H and O–H groups in total. The van der Waals surface area contributed by atoms with Gasteiger partial charge in [-0.25, -0.2) is 0 Å². The minimum atomic E-state index is -0.508. The number of methoxy groups -OCH3 is 1. The molecule has 0 spiro atoms. The Morgan fingerprint density at radius 3 is 2.72 bits per heavy atom. The first-order valence-electron chi connectivity index (χ1n) is 6.49. The molecule has 96 valence electrons. The zero-order chi connectivity index (χ0) is 12.7. The van der Waals surface area contributed by atoms with Crippen molar-refractivity contribution in [2.45, 2.75) is 37.8 Å². The molecule has 1 unspecified atom stereocenters. The van der Waals surface area contributed by atoms with Gasteiger partial charge in [-0.1, -0.05) is 18.9 Å². The smallest absolute Gasteiger partial charge is 0.248 e. The Hall–Kier alpha value is -1.55. The van der Waals surface area contributed by atoms with Crippen molar-refractivity contribution in [3.05, 3.63) is 23.8 Å². The standard InChI is InChI=1S/C14H18N2O2/c1-18-10-6-7-11-12(8-10)16(14(17)13(11)15)9-4-2-3-5-9/h6-9,13H,2-5,15H2,1H3. The SMILES string of the molecule is COc1ccc2c(c1)N(C1CCCC1)C(=O)C2N. The van der Waals surface area contributed by atoms with E-state index in [0.29, 0.717) is 6.04 Å². The number of nitrogens with zero attached hydrogens (tertiary/aromatic N) is 1. The molecule has 0 saturated heterocycles. The molecule has 1 aliphatic carbocycles. The van der Waals surface area contributed by atoms with E-state index in [9.17, 15) is 4.79 Å². The maximum atomic E-state index is 12.3. The first-order chi connectivity index (χ1) is 8.72. The highest BCUT2D eigenvalue weighted by molar-refractivity contribution is 6.05. The van der Waals surface area contributed by atoms with Crippen LogP contribution in [-0.4, -0.2) is 19.1 Å². The molecule has 1 aliphatic heterocycles. The Kier molecular flexibility index (Phi) is 2.74. The highest BCUT2D eigenvalue weighted by Crippen LogP contribution is 2.41. The molecule has 0 radical (unpaired) electrons. The molecular weight excluding hydrogens is 228 g/mol. The van der Waals surface area contributed by atoms with Gasteiger partial charge in [-0.3, -0.25) is 4.79 Å². The number of amides is 1. The predicted octanol–water partition coefficient (Wildman–Crippen LogP) is 1.98. The zero-order valence-electron chi connectivity index (χ0n) is 10.6. The number of fused-ring (bicyclic) bond motifs is 1. The number of carbonyl (C=O) groups excluding carboxylic acids is 1. The molecular formula is C14H18N2O2. The summed E-state index contributed by atoms with van der Waals surface area (Å²) < 4.78 is 5.24. The van der Waals surface area contributed by atoms with Crippen molar-refractivity contribution in [2.75, 3.05) is 12.0 Å². The first-order valence-corrected chi connectivity index (χ1v) is 6.49. The predicted molar refractivity (Wildman–Crippen MR) is 69.7 cm³/mol. The molecule has 1 amide bonds. The zero-order valence-corrected chi connectivity index (χ0v) is 10.6. The number of nitrogens with two attached hydrogens (primary N) is 1. The van der Waals surface area contributed by atoms with Crippen molar-refractivity contribution in [3.63, 3.8) is 0 Å². The first kappa shape index (κ1) is 11.5. The number of rotatable bonds is 2. The van der Waals surface area contributed by atoms with Gasteiger partial charge in [0.15, 0.2) is 0 Å². The molecule has 4 heteroatoms. The minimum absolute atomic E-state index is 0.0325. The van der Waals surface area contributed by atoms with Gasteiger partial charge in [0.25, 0.3) is 0 Å². The van der Waals surface area contributed by atoms with E-state index >= 15 is 0 Å². The van der Waals surface area contributed by atoms with E-state index in [2.05, 4.69) is 0 Å². The second-order valence-electron chi connectivity index (χ2n) is 5.05. The van der Waals surface area contributed by atoms with Crippen LogP contribution in [0.2, 0.25) is 0 Å². The lowest BCUT2D eigenvalue weighted by atomic mass is 10.1. The van der Waals surface area contributed by atoms with Crippen molar-refractivity contribution in [1.82, 2.24) is 0 Å². The van der Waals surface area contributed by atoms with Crippen molar-refractivity contribution < 1.29 is 9.53 Å². The molecule has 4 nitrogen and oxygen atoms in total. The summed E-state index contributed by atoms with van der Waals surface area (Å²) in [5, 5.41) is 0. The summed E-state index contributed by atoms with van der Waals surface area (Å²) in [6.07, 6.45) is 4.55. The average Bonchev–Trinajstić information content (AvgIpc) is 2.98. The molecule has 1 saturated carbocycles. The van der Waals surface area contributed by atoms with Crippen molar-refractivity contribution in [1.29, 1.82) is 0 Å². The fourth-order valence-electron chi connectivity index (χ4n) is 3.06. The van der Waals surface area contributed by atoms with Crippen LogP contribution in [0.4, 0.5) is 5.69 Å². The molecule has 3 rings (SSSR count). The van der Waals surface area contributed by atoms with Crippen molar-refractivity contribution in [3.8, 4) is 5.75 Å². The lowest BCUT2D eigenvalue weighted by Gasteiger charge is -2.25. The number of hydrogen-bond donors (Lipinski definition) is 1. The van der Waals surface area contributed by atoms with Crippen LogP contribution < -0.4 is 15.4 Å². The Balaban J connectivity index is 2.03. The molecule has 1 aromatic rings. The molecule has 18 heavy (non-hydrogen) atoms. The second kappa shape index (κ2) is 4.28. The van der Waals surface area contributed by atoms with Crippen LogP contribution in [0.25, 0.3) is 0 Å². The number of carbonyl (C=O) groups is 1. The summed E-state index contributed by atoms with van der Waals surface area (Å²) in [5.74, 6) is 0.809. The van der Waals surface area contributed by atoms with Crippen LogP contribution in [0.5, 0.6) is 5.75 Å². The van der Waals surface area contributed by atoms with Crippen LogP contribution in [0.1, 0.15) is 37.3 Å². The Bertz CT molecular complexity index is 481. The molecule has 0 bridgehead atoms. The summed E-state index contributed by atoms with van der Waals surface area (Å²) in [6.45, 7) is 0. The van der Waals surface area contributed by atoms with E-state index in [0.717, 1.165) is 29.8 Å². The average molecular weight is 246 g/mol. The summed E-state index contributed by atoms with van der Waals surface area (Å²) in [4.78, 5) is 14.2. The maximum Gasteiger partial charge on any atom is 0.248 e. The van der Waals surface area contributed by atoms with Gasteiger partial charge in [0.1, 0.15) is 11.8 Å². The monoisotopic (exact) mass is 246 g/mol. The van der Waals surface area contributed by atoms with E-state index < -0.39 is 6.04 Å². The van der Waals surface area contributed by atoms with Crippen molar-refractivity contribution >= 4 is 11.6 Å². The summed E-state index contributed by atoms with van der Waals surface area (Å²) in [7, 11) is 1.64. The third-order valence-electron chi connectivity index (χ3n) is 4.03. The lowest BCUT2D eigenvalue weighted by molar-refractivity contribution is -0.119. The van der Waals surface area contributed by atoms with E-state index in [1.807, 2.05) is 23.1 Å². The molecule has 0 aromatic heterocycles. The van der Waals surface area contributed by atoms with Gasteiger partial charge in [0.05, 0.1) is 12.8 Å². The topological polar surface area (TPSA) is 55.6 Å². The molecule has 2 aliphatic rings. The maximum absolute atomic E-state index is 12.3. The van der Waals surface area contributed by atoms with E-state index in [1.165, 1.54) is 12.8 Å². The number of hydrogen-bond acceptors (Lipinski definition) is 3. The quantitative estimate of drug-likeness (QED) is 0.868. The van der Waals surface area contributed by atoms with Gasteiger partial charge in [0.2, 0.25) is 5.91 Å². The van der Waals surface area contributed by atoms with Gasteiger partial charge in [-0.15, -0.1) is 0 Å². The summed E-state index contributed by atoms with van der Waals surface area (Å²) in [5.41, 5.74) is 7.87. The third kappa shape index (κ3) is 1.60. The van der Waals surface area contributed by atoms with Crippen LogP contribution in [0.3, 0.4) is 0 Å². The van der Waals surface area contributed by atoms with Crippen LogP contribution in [-0.2, 0) is 4.79 Å². The van der Waals surface area contributed by atoms with Gasteiger partial charge in [-0.05, 0) is 18.9 Å². The lowest BCUT2D eigenvalue weighted by Crippen LogP contribution is -2.38. The highest BCUT2D eigenvalue weighted by Gasteiger charge is 2.39. The van der Waals surface area contributed by atoms with Gasteiger partial charge in [-0.2, -0.15) is 0 Å². The second-order valence-corrected chi connectivity index (χ2v) is 5.05. The van der Waals surface area contributed by atoms with Crippen molar-refractivity contribution in [2.24, 2.45) is 5.73 Å². The molecule has 1 atom stereocenters. The summed E-state index contributed by atoms with van der Waals surface area (Å²) >= 11 is 0. The third-order valence-corrected chi connectivity index (χ3v) is 4.03. The highest BCUT2D eigenvalue weighted by atomic mass is 16.5. The van der Waals surface area contributed by atoms with Crippen LogP contribution >= 0.6 is 0 Å². The van der Waals surface area contributed by atoms with E-state index in [-0.39, 0.29) is 5.91 Å². The normalized spacial score (nSPS) is 23.6. The largest absolute Gasteiger partial charge is 0.497 e. The number of benzene rings is 1. The number of anilines is 1. The summed E-state index contributed by atoms with van der Waals surface area (Å²) in [6, 6.07) is 5.51. The molecule has 1 heterocycles. The van der Waals surface area contributed by atoms with Gasteiger partial charge in [0, 0.05) is 17.7 Å². The van der Waals surface area contributed by atoms with E-state index in [4.69, 9.17) is 10.5 Å². The van der Waals surface area contributed by atoms with Crippen LogP contribution in [0.15, 0.2) is 18.2 Å². The fourth-order valence-corrected chi connectivity index (χ4v) is 3.06. The fraction of sp³-hybridized carbons (Fsp3) is 0.500. The Morgan fingerprint density at radius 1 is 1.33 bits per heavy atom. The molecule has 1 fully saturated rings. The minimum Gasteiger partial charge on any atom is -0.497 e. The Labute approximate surface area is 107 Å². The van der Waals surface area contributed by atoms with Crippen LogP contribution in [0, 0.1) is 0 Å². The van der Waals surface area contributed by atoms with Gasteiger partial charge < -0.3 is 15.4 Å². The number of ether oxygens (including phenoxy) is 1. The molecule has 1 aromatic carbocycles. The van der Waals surface area contributed by atoms with E-state index in [1.54, 1.807) is 7.11 Å².